The second-order valence-electron chi connectivity index (χ2n) is 4.12. The molecular formula is C16H14NO2. The zero-order chi connectivity index (χ0) is 13.5. The van der Waals surface area contributed by atoms with Gasteiger partial charge in [-0.1, -0.05) is 60.7 Å². The first-order valence-corrected chi connectivity index (χ1v) is 6.07. The lowest BCUT2D eigenvalue weighted by Crippen LogP contribution is -2.22. The van der Waals surface area contributed by atoms with Gasteiger partial charge in [0.15, 0.2) is 11.6 Å². The number of benzene rings is 2. The molecule has 1 radical (unpaired) electrons. The van der Waals surface area contributed by atoms with Crippen molar-refractivity contribution in [1.82, 2.24) is 5.32 Å². The monoisotopic (exact) mass is 252 g/mol. The molecule has 19 heavy (non-hydrogen) atoms. The summed E-state index contributed by atoms with van der Waals surface area (Å²) in [6, 6.07) is 17.9. The van der Waals surface area contributed by atoms with Gasteiger partial charge in [0, 0.05) is 11.1 Å². The molecule has 0 saturated carbocycles. The van der Waals surface area contributed by atoms with Crippen LogP contribution in [0.1, 0.15) is 20.7 Å². The lowest BCUT2D eigenvalue weighted by molar-refractivity contribution is 0.0968. The summed E-state index contributed by atoms with van der Waals surface area (Å²) >= 11 is 0. The molecule has 0 heterocycles. The molecule has 0 aliphatic rings. The summed E-state index contributed by atoms with van der Waals surface area (Å²) in [6.45, 7) is 0.0885. The molecule has 0 aromatic heterocycles. The van der Waals surface area contributed by atoms with Crippen LogP contribution in [0.3, 0.4) is 0 Å². The molecule has 3 nitrogen and oxygen atoms in total. The van der Waals surface area contributed by atoms with Gasteiger partial charge in [0.2, 0.25) is 0 Å². The third-order valence-electron chi connectivity index (χ3n) is 2.70. The van der Waals surface area contributed by atoms with Crippen LogP contribution >= 0.6 is 0 Å². The van der Waals surface area contributed by atoms with Crippen LogP contribution in [0.15, 0.2) is 60.7 Å². The van der Waals surface area contributed by atoms with Gasteiger partial charge in [-0.3, -0.25) is 9.59 Å². The van der Waals surface area contributed by atoms with Crippen LogP contribution in [0.2, 0.25) is 0 Å². The zero-order valence-corrected chi connectivity index (χ0v) is 10.5. The molecule has 0 fully saturated rings. The first-order valence-electron chi connectivity index (χ1n) is 6.07. The molecule has 0 aliphatic heterocycles. The van der Waals surface area contributed by atoms with Crippen LogP contribution in [0.5, 0.6) is 0 Å². The maximum atomic E-state index is 11.8. The van der Waals surface area contributed by atoms with E-state index in [1.165, 1.54) is 0 Å². The van der Waals surface area contributed by atoms with E-state index >= 15 is 0 Å². The lowest BCUT2D eigenvalue weighted by Gasteiger charge is -2.02. The fourth-order valence-corrected chi connectivity index (χ4v) is 1.69. The summed E-state index contributed by atoms with van der Waals surface area (Å²) in [5, 5.41) is 4.02. The number of Topliss-reactive ketones (excluding diaryl/α,β-unsaturated/α-hetero) is 2. The molecular weight excluding hydrogens is 238 g/mol. The summed E-state index contributed by atoms with van der Waals surface area (Å²) in [5.41, 5.74) is 1.25. The molecule has 0 atom stereocenters. The van der Waals surface area contributed by atoms with Crippen molar-refractivity contribution in [3.05, 3.63) is 71.8 Å². The number of nitrogens with zero attached hydrogens (tertiary/aromatic N) is 1. The molecule has 0 N–H and O–H groups in total. The predicted octanol–water partition coefficient (Wildman–Crippen LogP) is 2.36. The van der Waals surface area contributed by atoms with E-state index in [1.54, 1.807) is 24.3 Å². The minimum absolute atomic E-state index is 0.0442. The maximum Gasteiger partial charge on any atom is 0.178 e. The van der Waals surface area contributed by atoms with E-state index in [1.807, 2.05) is 36.4 Å². The maximum absolute atomic E-state index is 11.8. The van der Waals surface area contributed by atoms with Crippen molar-refractivity contribution < 1.29 is 9.59 Å². The van der Waals surface area contributed by atoms with E-state index < -0.39 is 0 Å². The second kappa shape index (κ2) is 6.61. The number of hydrogen-bond acceptors (Lipinski definition) is 2. The Bertz CT molecular complexity index is 498. The van der Waals surface area contributed by atoms with E-state index in [0.29, 0.717) is 11.1 Å². The molecule has 0 saturated heterocycles. The van der Waals surface area contributed by atoms with Crippen LogP contribution in [-0.2, 0) is 0 Å². The average Bonchev–Trinajstić information content (AvgIpc) is 2.49. The molecule has 2 rings (SSSR count). The highest BCUT2D eigenvalue weighted by Crippen LogP contribution is 2.01. The van der Waals surface area contributed by atoms with Gasteiger partial charge in [-0.05, 0) is 0 Å². The van der Waals surface area contributed by atoms with Gasteiger partial charge in [0.05, 0.1) is 13.1 Å². The van der Waals surface area contributed by atoms with Crippen molar-refractivity contribution in [2.45, 2.75) is 0 Å². The number of carbonyl (C=O) groups excluding carboxylic acids is 2. The van der Waals surface area contributed by atoms with Gasteiger partial charge in [-0.25, -0.2) is 5.32 Å². The average molecular weight is 252 g/mol. The Balaban J connectivity index is 1.81. The smallest absolute Gasteiger partial charge is 0.178 e. The van der Waals surface area contributed by atoms with Crippen LogP contribution < -0.4 is 5.32 Å². The first-order chi connectivity index (χ1) is 9.27. The van der Waals surface area contributed by atoms with E-state index in [2.05, 4.69) is 5.32 Å². The van der Waals surface area contributed by atoms with Crippen molar-refractivity contribution in [3.63, 3.8) is 0 Å². The number of hydrogen-bond donors (Lipinski definition) is 0. The number of rotatable bonds is 6. The van der Waals surface area contributed by atoms with Crippen LogP contribution in [0.25, 0.3) is 0 Å². The molecule has 0 aliphatic carbocycles. The van der Waals surface area contributed by atoms with E-state index in [0.717, 1.165) is 0 Å². The van der Waals surface area contributed by atoms with Crippen molar-refractivity contribution in [1.29, 1.82) is 0 Å². The van der Waals surface area contributed by atoms with Gasteiger partial charge >= 0.3 is 0 Å². The van der Waals surface area contributed by atoms with Gasteiger partial charge in [-0.2, -0.15) is 0 Å². The fraction of sp³-hybridized carbons (Fsp3) is 0.125. The summed E-state index contributed by atoms with van der Waals surface area (Å²) < 4.78 is 0. The normalized spacial score (nSPS) is 10.1. The Labute approximate surface area is 112 Å². The highest BCUT2D eigenvalue weighted by atomic mass is 16.1. The number of ketones is 2. The summed E-state index contributed by atoms with van der Waals surface area (Å²) in [6.07, 6.45) is 0. The summed E-state index contributed by atoms with van der Waals surface area (Å²) in [5.74, 6) is -0.136. The van der Waals surface area contributed by atoms with Gasteiger partial charge in [0.1, 0.15) is 0 Å². The van der Waals surface area contributed by atoms with Gasteiger partial charge in [-0.15, -0.1) is 0 Å². The molecule has 2 aromatic carbocycles. The van der Waals surface area contributed by atoms with E-state index in [4.69, 9.17) is 0 Å². The van der Waals surface area contributed by atoms with Gasteiger partial charge < -0.3 is 0 Å². The minimum Gasteiger partial charge on any atom is -0.293 e. The quantitative estimate of drug-likeness (QED) is 0.741. The standard InChI is InChI=1S/C16H14NO2/c18-15(13-7-3-1-4-8-13)11-17-12-16(19)14-9-5-2-6-10-14/h1-10H,11-12H2. The molecule has 0 spiro atoms. The SMILES string of the molecule is O=C(C[N]CC(=O)c1ccccc1)c1ccccc1. The third-order valence-corrected chi connectivity index (χ3v) is 2.70. The number of carbonyl (C=O) groups is 2. The lowest BCUT2D eigenvalue weighted by atomic mass is 10.1. The highest BCUT2D eigenvalue weighted by Gasteiger charge is 2.08. The molecule has 0 bridgehead atoms. The van der Waals surface area contributed by atoms with E-state index in [9.17, 15) is 9.59 Å². The Hall–Kier alpha value is -2.26. The Morgan fingerprint density at radius 1 is 0.684 bits per heavy atom. The Kier molecular flexibility index (Phi) is 4.59. The summed E-state index contributed by atoms with van der Waals surface area (Å²) in [7, 11) is 0. The summed E-state index contributed by atoms with van der Waals surface area (Å²) in [4.78, 5) is 23.5. The van der Waals surface area contributed by atoms with Crippen LogP contribution in [-0.4, -0.2) is 24.7 Å². The third kappa shape index (κ3) is 3.86. The van der Waals surface area contributed by atoms with Crippen molar-refractivity contribution in [2.75, 3.05) is 13.1 Å². The topological polar surface area (TPSA) is 48.2 Å². The molecule has 2 aromatic rings. The molecule has 0 unspecified atom stereocenters. The highest BCUT2D eigenvalue weighted by molar-refractivity contribution is 5.99. The predicted molar refractivity (Wildman–Crippen MR) is 73.4 cm³/mol. The van der Waals surface area contributed by atoms with Crippen LogP contribution in [0.4, 0.5) is 0 Å². The zero-order valence-electron chi connectivity index (χ0n) is 10.5. The van der Waals surface area contributed by atoms with Gasteiger partial charge in [0.25, 0.3) is 0 Å². The molecule has 95 valence electrons. The first kappa shape index (κ1) is 13.2. The minimum atomic E-state index is -0.0681. The Morgan fingerprint density at radius 3 is 1.42 bits per heavy atom. The Morgan fingerprint density at radius 2 is 1.05 bits per heavy atom. The van der Waals surface area contributed by atoms with Crippen LogP contribution in [0, 0.1) is 0 Å². The molecule has 0 amide bonds. The van der Waals surface area contributed by atoms with E-state index in [-0.39, 0.29) is 24.7 Å². The van der Waals surface area contributed by atoms with Crippen molar-refractivity contribution in [3.8, 4) is 0 Å². The fourth-order valence-electron chi connectivity index (χ4n) is 1.69. The van der Waals surface area contributed by atoms with Crippen molar-refractivity contribution >= 4 is 11.6 Å². The van der Waals surface area contributed by atoms with Crippen molar-refractivity contribution in [2.24, 2.45) is 0 Å². The molecule has 3 heteroatoms. The second-order valence-corrected chi connectivity index (χ2v) is 4.12. The largest absolute Gasteiger partial charge is 0.293 e.